The minimum atomic E-state index is -0.601. The van der Waals surface area contributed by atoms with Crippen LogP contribution < -0.4 is 5.32 Å². The summed E-state index contributed by atoms with van der Waals surface area (Å²) >= 11 is 7.54. The monoisotopic (exact) mass is 299 g/mol. The predicted molar refractivity (Wildman–Crippen MR) is 77.0 cm³/mol. The highest BCUT2D eigenvalue weighted by Crippen LogP contribution is 2.30. The number of amides is 1. The molecule has 7 heteroatoms. The Hall–Kier alpha value is -1.40. The number of rotatable bonds is 1. The lowest BCUT2D eigenvalue weighted by Crippen LogP contribution is -2.27. The van der Waals surface area contributed by atoms with Crippen molar-refractivity contribution >= 4 is 45.2 Å². The van der Waals surface area contributed by atoms with E-state index in [9.17, 15) is 4.79 Å². The molecule has 2 rings (SSSR count). The predicted octanol–water partition coefficient (Wildman–Crippen LogP) is 4.00. The van der Waals surface area contributed by atoms with Crippen LogP contribution in [0.5, 0.6) is 0 Å². The van der Waals surface area contributed by atoms with Crippen LogP contribution >= 0.6 is 22.9 Å². The fraction of sp³-hybridized carbons (Fsp3) is 0.417. The van der Waals surface area contributed by atoms with Crippen LogP contribution in [-0.4, -0.2) is 21.7 Å². The van der Waals surface area contributed by atoms with Crippen LogP contribution in [-0.2, 0) is 4.74 Å². The molecule has 0 aliphatic carbocycles. The molecular weight excluding hydrogens is 286 g/mol. The van der Waals surface area contributed by atoms with Gasteiger partial charge in [0, 0.05) is 0 Å². The molecule has 1 N–H and O–H groups in total. The summed E-state index contributed by atoms with van der Waals surface area (Å²) in [5.41, 5.74) is 1.17. The van der Waals surface area contributed by atoms with E-state index in [4.69, 9.17) is 16.3 Å². The third-order valence-electron chi connectivity index (χ3n) is 2.16. The maximum atomic E-state index is 11.6. The van der Waals surface area contributed by atoms with E-state index in [1.165, 1.54) is 11.3 Å². The van der Waals surface area contributed by atoms with Crippen LogP contribution in [0.15, 0.2) is 5.38 Å². The van der Waals surface area contributed by atoms with Gasteiger partial charge in [0.1, 0.15) is 5.60 Å². The third kappa shape index (κ3) is 3.33. The van der Waals surface area contributed by atoms with Crippen molar-refractivity contribution in [2.24, 2.45) is 0 Å². The summed E-state index contributed by atoms with van der Waals surface area (Å²) in [5.74, 6) is 0.147. The average molecular weight is 300 g/mol. The summed E-state index contributed by atoms with van der Waals surface area (Å²) in [5, 5.41) is 4.76. The summed E-state index contributed by atoms with van der Waals surface area (Å²) in [4.78, 5) is 20.0. The van der Waals surface area contributed by atoms with Gasteiger partial charge < -0.3 is 4.74 Å². The lowest BCUT2D eigenvalue weighted by molar-refractivity contribution is 0.0634. The number of hydrogen-bond donors (Lipinski definition) is 1. The van der Waals surface area contributed by atoms with Crippen LogP contribution in [0.4, 0.5) is 10.7 Å². The number of aromatic nitrogens is 2. The second kappa shape index (κ2) is 4.94. The Bertz CT molecular complexity index is 634. The number of carbonyl (C=O) groups excluding carboxylic acids is 1. The molecule has 0 radical (unpaired) electrons. The van der Waals surface area contributed by atoms with E-state index in [2.05, 4.69) is 15.3 Å². The summed E-state index contributed by atoms with van der Waals surface area (Å²) < 4.78 is 5.95. The van der Waals surface area contributed by atoms with Gasteiger partial charge in [0.05, 0.1) is 10.2 Å². The Morgan fingerprint density at radius 1 is 1.42 bits per heavy atom. The zero-order valence-corrected chi connectivity index (χ0v) is 12.6. The van der Waals surface area contributed by atoms with Crippen molar-refractivity contribution in [1.82, 2.24) is 9.97 Å². The number of anilines is 1. The molecule has 0 aliphatic heterocycles. The maximum absolute atomic E-state index is 11.6. The van der Waals surface area contributed by atoms with Crippen LogP contribution in [0.1, 0.15) is 26.3 Å². The van der Waals surface area contributed by atoms with Crippen LogP contribution in [0.25, 0.3) is 10.2 Å². The first-order valence-corrected chi connectivity index (χ1v) is 6.93. The topological polar surface area (TPSA) is 64.1 Å². The molecule has 19 heavy (non-hydrogen) atoms. The molecule has 1 amide bonds. The molecule has 102 valence electrons. The zero-order chi connectivity index (χ0) is 14.2. The molecule has 2 aromatic rings. The minimum absolute atomic E-state index is 0.147. The Kier molecular flexibility index (Phi) is 3.64. The van der Waals surface area contributed by atoms with Gasteiger partial charge in [-0.05, 0) is 38.6 Å². The van der Waals surface area contributed by atoms with Gasteiger partial charge in [-0.3, -0.25) is 5.32 Å². The smallest absolute Gasteiger partial charge is 0.414 e. The Morgan fingerprint density at radius 3 is 2.74 bits per heavy atom. The molecule has 0 unspecified atom stereocenters. The van der Waals surface area contributed by atoms with Crippen molar-refractivity contribution in [3.05, 3.63) is 16.1 Å². The van der Waals surface area contributed by atoms with Gasteiger partial charge in [0.15, 0.2) is 5.15 Å². The van der Waals surface area contributed by atoms with Crippen LogP contribution in [0.3, 0.4) is 0 Å². The fourth-order valence-corrected chi connectivity index (χ4v) is 2.62. The van der Waals surface area contributed by atoms with E-state index < -0.39 is 11.7 Å². The molecule has 0 fully saturated rings. The first-order valence-electron chi connectivity index (χ1n) is 5.67. The molecular formula is C12H14ClN3O2S. The number of aryl methyl sites for hydroxylation is 1. The van der Waals surface area contributed by atoms with Gasteiger partial charge in [-0.2, -0.15) is 4.98 Å². The van der Waals surface area contributed by atoms with E-state index in [1.807, 2.05) is 12.3 Å². The number of fused-ring (bicyclic) bond motifs is 1. The number of nitrogens with one attached hydrogen (secondary N) is 1. The van der Waals surface area contributed by atoms with Gasteiger partial charge in [0.2, 0.25) is 5.95 Å². The molecule has 2 aromatic heterocycles. The highest BCUT2D eigenvalue weighted by molar-refractivity contribution is 7.18. The minimum Gasteiger partial charge on any atom is -0.444 e. The van der Waals surface area contributed by atoms with Crippen molar-refractivity contribution in [2.45, 2.75) is 33.3 Å². The standard InChI is InChI=1S/C12H14ClN3O2S/c1-6-5-19-8-7(6)14-10(15-9(8)13)16-11(17)18-12(2,3)4/h5H,1-4H3,(H,14,15,16,17). The van der Waals surface area contributed by atoms with Crippen LogP contribution in [0.2, 0.25) is 5.15 Å². The molecule has 0 bridgehead atoms. The second-order valence-corrected chi connectivity index (χ2v) is 6.30. The third-order valence-corrected chi connectivity index (χ3v) is 3.64. The summed E-state index contributed by atoms with van der Waals surface area (Å²) in [6, 6.07) is 0. The van der Waals surface area contributed by atoms with Crippen molar-refractivity contribution < 1.29 is 9.53 Å². The van der Waals surface area contributed by atoms with E-state index >= 15 is 0 Å². The van der Waals surface area contributed by atoms with Gasteiger partial charge in [-0.1, -0.05) is 11.6 Å². The highest BCUT2D eigenvalue weighted by Gasteiger charge is 2.18. The average Bonchev–Trinajstić information content (AvgIpc) is 2.58. The maximum Gasteiger partial charge on any atom is 0.414 e. The lowest BCUT2D eigenvalue weighted by atomic mass is 10.2. The molecule has 0 saturated carbocycles. The number of halogens is 1. The molecule has 0 saturated heterocycles. The van der Waals surface area contributed by atoms with Crippen LogP contribution in [0, 0.1) is 6.92 Å². The number of nitrogens with zero attached hydrogens (tertiary/aromatic N) is 2. The van der Waals surface area contributed by atoms with Crippen molar-refractivity contribution in [2.75, 3.05) is 5.32 Å². The lowest BCUT2D eigenvalue weighted by Gasteiger charge is -2.19. The van der Waals surface area contributed by atoms with Crippen molar-refractivity contribution in [3.63, 3.8) is 0 Å². The molecule has 0 aliphatic rings. The van der Waals surface area contributed by atoms with E-state index in [0.717, 1.165) is 15.8 Å². The van der Waals surface area contributed by atoms with Gasteiger partial charge in [-0.25, -0.2) is 9.78 Å². The second-order valence-electron chi connectivity index (χ2n) is 5.06. The molecule has 0 atom stereocenters. The molecule has 0 spiro atoms. The highest BCUT2D eigenvalue weighted by atomic mass is 35.5. The molecule has 0 aromatic carbocycles. The van der Waals surface area contributed by atoms with E-state index in [-0.39, 0.29) is 5.95 Å². The number of thiophene rings is 1. The SMILES string of the molecule is Cc1csc2c(Cl)nc(NC(=O)OC(C)(C)C)nc12. The fourth-order valence-electron chi connectivity index (χ4n) is 1.45. The van der Waals surface area contributed by atoms with E-state index in [0.29, 0.717) is 5.15 Å². The summed E-state index contributed by atoms with van der Waals surface area (Å²) in [7, 11) is 0. The Morgan fingerprint density at radius 2 is 2.11 bits per heavy atom. The Labute approximate surface area is 120 Å². The first-order chi connectivity index (χ1) is 8.76. The summed E-state index contributed by atoms with van der Waals surface area (Å²) in [6.45, 7) is 7.28. The quantitative estimate of drug-likeness (QED) is 0.808. The molecule has 5 nitrogen and oxygen atoms in total. The number of hydrogen-bond acceptors (Lipinski definition) is 5. The van der Waals surface area contributed by atoms with Gasteiger partial charge >= 0.3 is 6.09 Å². The van der Waals surface area contributed by atoms with Gasteiger partial charge in [0.25, 0.3) is 0 Å². The normalized spacial score (nSPS) is 11.6. The van der Waals surface area contributed by atoms with Gasteiger partial charge in [-0.15, -0.1) is 11.3 Å². The summed E-state index contributed by atoms with van der Waals surface area (Å²) in [6.07, 6.45) is -0.601. The molecule has 2 heterocycles. The zero-order valence-electron chi connectivity index (χ0n) is 11.1. The number of carbonyl (C=O) groups is 1. The Balaban J connectivity index is 2.26. The van der Waals surface area contributed by atoms with Crippen molar-refractivity contribution in [3.8, 4) is 0 Å². The van der Waals surface area contributed by atoms with E-state index in [1.54, 1.807) is 20.8 Å². The van der Waals surface area contributed by atoms with Crippen molar-refractivity contribution in [1.29, 1.82) is 0 Å². The first kappa shape index (κ1) is 14.0. The largest absolute Gasteiger partial charge is 0.444 e. The number of ether oxygens (including phenoxy) is 1.